The number of pyridine rings is 1. The number of nitrogens with zero attached hydrogens (tertiary/aromatic N) is 1. The summed E-state index contributed by atoms with van der Waals surface area (Å²) in [5.41, 5.74) is 10.1. The van der Waals surface area contributed by atoms with Crippen LogP contribution in [0.5, 0.6) is 0 Å². The Labute approximate surface area is 117 Å². The molecule has 0 aliphatic heterocycles. The fourth-order valence-electron chi connectivity index (χ4n) is 1.58. The summed E-state index contributed by atoms with van der Waals surface area (Å²) in [6, 6.07) is 6.06. The maximum Gasteiger partial charge on any atom is 0.139 e. The molecule has 0 fully saturated rings. The minimum atomic E-state index is -1.42. The van der Waals surface area contributed by atoms with Gasteiger partial charge in [-0.3, -0.25) is 0 Å². The van der Waals surface area contributed by atoms with E-state index in [2.05, 4.69) is 52.0 Å². The standard InChI is InChI=1S/C14H15BrN2Si/c1-18(2,3)7-6-12-13-8-11(15)5-4-10(13)9-17-14(12)16/h4-5,8-9H,1-3H3,(H2,16,17). The molecule has 18 heavy (non-hydrogen) atoms. The van der Waals surface area contributed by atoms with Crippen LogP contribution in [0, 0.1) is 11.5 Å². The van der Waals surface area contributed by atoms with E-state index in [0.29, 0.717) is 5.82 Å². The molecule has 0 saturated heterocycles. The van der Waals surface area contributed by atoms with Crippen molar-refractivity contribution >= 4 is 40.6 Å². The normalized spacial score (nSPS) is 11.1. The lowest BCUT2D eigenvalue weighted by Crippen LogP contribution is -2.16. The number of nitrogens with two attached hydrogens (primary N) is 1. The number of benzene rings is 1. The summed E-state index contributed by atoms with van der Waals surface area (Å²) < 4.78 is 1.02. The molecule has 92 valence electrons. The molecule has 0 amide bonds. The quantitative estimate of drug-likeness (QED) is 0.592. The molecule has 0 radical (unpaired) electrons. The number of rotatable bonds is 0. The summed E-state index contributed by atoms with van der Waals surface area (Å²) in [4.78, 5) is 4.21. The van der Waals surface area contributed by atoms with Crippen molar-refractivity contribution in [1.82, 2.24) is 4.98 Å². The van der Waals surface area contributed by atoms with Crippen molar-refractivity contribution in [3.8, 4) is 11.5 Å². The van der Waals surface area contributed by atoms with Gasteiger partial charge in [0.1, 0.15) is 13.9 Å². The Hall–Kier alpha value is -1.31. The van der Waals surface area contributed by atoms with Crippen LogP contribution < -0.4 is 5.73 Å². The fourth-order valence-corrected chi connectivity index (χ4v) is 2.44. The first-order chi connectivity index (χ1) is 8.37. The molecular formula is C14H15BrN2Si. The first-order valence-corrected chi connectivity index (χ1v) is 10.0. The number of anilines is 1. The monoisotopic (exact) mass is 318 g/mol. The van der Waals surface area contributed by atoms with Crippen LogP contribution in [0.2, 0.25) is 19.6 Å². The van der Waals surface area contributed by atoms with Crippen molar-refractivity contribution in [2.24, 2.45) is 0 Å². The molecule has 1 aromatic carbocycles. The molecule has 0 atom stereocenters. The van der Waals surface area contributed by atoms with E-state index in [0.717, 1.165) is 20.8 Å². The molecule has 4 heteroatoms. The molecule has 0 saturated carbocycles. The SMILES string of the molecule is C[Si](C)(C)C#Cc1c(N)ncc2ccc(Br)cc12. The Morgan fingerprint density at radius 1 is 1.28 bits per heavy atom. The van der Waals surface area contributed by atoms with Crippen LogP contribution in [-0.4, -0.2) is 13.1 Å². The van der Waals surface area contributed by atoms with Gasteiger partial charge in [-0.25, -0.2) is 4.98 Å². The smallest absolute Gasteiger partial charge is 0.139 e. The van der Waals surface area contributed by atoms with Crippen molar-refractivity contribution < 1.29 is 0 Å². The van der Waals surface area contributed by atoms with Crippen LogP contribution >= 0.6 is 15.9 Å². The number of hydrogen-bond donors (Lipinski definition) is 1. The van der Waals surface area contributed by atoms with Gasteiger partial charge in [-0.1, -0.05) is 47.6 Å². The molecule has 0 unspecified atom stereocenters. The van der Waals surface area contributed by atoms with Gasteiger partial charge in [0.05, 0.1) is 5.56 Å². The summed E-state index contributed by atoms with van der Waals surface area (Å²) in [5, 5.41) is 2.12. The molecule has 0 aliphatic rings. The van der Waals surface area contributed by atoms with Crippen molar-refractivity contribution in [2.45, 2.75) is 19.6 Å². The Morgan fingerprint density at radius 3 is 2.67 bits per heavy atom. The second kappa shape index (κ2) is 4.75. The lowest BCUT2D eigenvalue weighted by atomic mass is 10.1. The van der Waals surface area contributed by atoms with Gasteiger partial charge < -0.3 is 5.73 Å². The highest BCUT2D eigenvalue weighted by molar-refractivity contribution is 9.10. The molecule has 1 aromatic heterocycles. The molecule has 0 spiro atoms. The third kappa shape index (κ3) is 2.92. The maximum absolute atomic E-state index is 5.95. The van der Waals surface area contributed by atoms with E-state index in [-0.39, 0.29) is 0 Å². The number of nitrogen functional groups attached to an aromatic ring is 1. The number of aromatic nitrogens is 1. The van der Waals surface area contributed by atoms with E-state index in [9.17, 15) is 0 Å². The van der Waals surface area contributed by atoms with Crippen LogP contribution in [0.15, 0.2) is 28.9 Å². The van der Waals surface area contributed by atoms with Gasteiger partial charge in [0, 0.05) is 21.4 Å². The zero-order chi connectivity index (χ0) is 13.3. The summed E-state index contributed by atoms with van der Waals surface area (Å²) >= 11 is 3.48. The molecule has 1 heterocycles. The largest absolute Gasteiger partial charge is 0.383 e. The first kappa shape index (κ1) is 13.1. The predicted octanol–water partition coefficient (Wildman–Crippen LogP) is 3.81. The molecule has 0 aliphatic carbocycles. The Kier molecular flexibility index (Phi) is 3.46. The number of hydrogen-bond acceptors (Lipinski definition) is 2. The highest BCUT2D eigenvalue weighted by Crippen LogP contribution is 2.25. The Bertz CT molecular complexity index is 658. The Balaban J connectivity index is 2.70. The molecule has 0 bridgehead atoms. The molecular weight excluding hydrogens is 304 g/mol. The van der Waals surface area contributed by atoms with Crippen LogP contribution in [0.4, 0.5) is 5.82 Å². The van der Waals surface area contributed by atoms with Crippen molar-refractivity contribution in [3.63, 3.8) is 0 Å². The average molecular weight is 319 g/mol. The number of halogens is 1. The van der Waals surface area contributed by atoms with Crippen LogP contribution in [0.1, 0.15) is 5.56 Å². The second-order valence-electron chi connectivity index (χ2n) is 5.25. The summed E-state index contributed by atoms with van der Waals surface area (Å²) in [6.45, 7) is 6.64. The van der Waals surface area contributed by atoms with Gasteiger partial charge >= 0.3 is 0 Å². The van der Waals surface area contributed by atoms with E-state index in [1.165, 1.54) is 0 Å². The minimum absolute atomic E-state index is 0.506. The molecule has 2 nitrogen and oxygen atoms in total. The second-order valence-corrected chi connectivity index (χ2v) is 10.9. The van der Waals surface area contributed by atoms with Gasteiger partial charge in [-0.05, 0) is 12.1 Å². The Morgan fingerprint density at radius 2 is 2.00 bits per heavy atom. The molecule has 2 aromatic rings. The minimum Gasteiger partial charge on any atom is -0.383 e. The van der Waals surface area contributed by atoms with Crippen LogP contribution in [0.3, 0.4) is 0 Å². The summed E-state index contributed by atoms with van der Waals surface area (Å²) in [5.74, 6) is 3.73. The lowest BCUT2D eigenvalue weighted by molar-refractivity contribution is 1.36. The fraction of sp³-hybridized carbons (Fsp3) is 0.214. The average Bonchev–Trinajstić information content (AvgIpc) is 2.26. The van der Waals surface area contributed by atoms with Crippen molar-refractivity contribution in [2.75, 3.05) is 5.73 Å². The maximum atomic E-state index is 5.95. The van der Waals surface area contributed by atoms with E-state index < -0.39 is 8.07 Å². The predicted molar refractivity (Wildman–Crippen MR) is 84.1 cm³/mol. The van der Waals surface area contributed by atoms with E-state index in [4.69, 9.17) is 5.73 Å². The van der Waals surface area contributed by atoms with E-state index >= 15 is 0 Å². The van der Waals surface area contributed by atoms with Gasteiger partial charge in [-0.15, -0.1) is 5.54 Å². The topological polar surface area (TPSA) is 38.9 Å². The lowest BCUT2D eigenvalue weighted by Gasteiger charge is -2.06. The molecule has 2 rings (SSSR count). The van der Waals surface area contributed by atoms with Crippen LogP contribution in [-0.2, 0) is 0 Å². The highest BCUT2D eigenvalue weighted by Gasteiger charge is 2.10. The van der Waals surface area contributed by atoms with Crippen molar-refractivity contribution in [3.05, 3.63) is 34.4 Å². The van der Waals surface area contributed by atoms with E-state index in [1.54, 1.807) is 6.20 Å². The van der Waals surface area contributed by atoms with Gasteiger partial charge in [-0.2, -0.15) is 0 Å². The van der Waals surface area contributed by atoms with Crippen molar-refractivity contribution in [1.29, 1.82) is 0 Å². The zero-order valence-corrected chi connectivity index (χ0v) is 13.3. The van der Waals surface area contributed by atoms with Gasteiger partial charge in [0.2, 0.25) is 0 Å². The molecule has 2 N–H and O–H groups in total. The first-order valence-electron chi connectivity index (χ1n) is 5.74. The number of fused-ring (bicyclic) bond motifs is 1. The zero-order valence-electron chi connectivity index (χ0n) is 10.7. The third-order valence-corrected chi connectivity index (χ3v) is 3.81. The third-order valence-electron chi connectivity index (χ3n) is 2.45. The summed E-state index contributed by atoms with van der Waals surface area (Å²) in [7, 11) is -1.42. The summed E-state index contributed by atoms with van der Waals surface area (Å²) in [6.07, 6.45) is 1.79. The highest BCUT2D eigenvalue weighted by atomic mass is 79.9. The van der Waals surface area contributed by atoms with Gasteiger partial charge in [0.15, 0.2) is 0 Å². The van der Waals surface area contributed by atoms with Crippen LogP contribution in [0.25, 0.3) is 10.8 Å². The van der Waals surface area contributed by atoms with E-state index in [1.807, 2.05) is 18.2 Å². The van der Waals surface area contributed by atoms with Gasteiger partial charge in [0.25, 0.3) is 0 Å².